The molecule has 0 radical (unpaired) electrons. The van der Waals surface area contributed by atoms with Gasteiger partial charge in [-0.2, -0.15) is 8.78 Å². The predicted octanol–water partition coefficient (Wildman–Crippen LogP) is 3.98. The van der Waals surface area contributed by atoms with Crippen molar-refractivity contribution in [2.24, 2.45) is 0 Å². The van der Waals surface area contributed by atoms with E-state index in [4.69, 9.17) is 4.74 Å². The quantitative estimate of drug-likeness (QED) is 0.384. The number of anilines is 2. The number of carbonyl (C=O) groups excluding carboxylic acids is 1. The zero-order valence-electron chi connectivity index (χ0n) is 18.7. The molecule has 8 nitrogen and oxygen atoms in total. The van der Waals surface area contributed by atoms with E-state index in [0.717, 1.165) is 25.5 Å². The number of carbonyl (C=O) groups is 1. The number of halogens is 3. The SMILES string of the molecule is O=C1NCCc2[nH]c(-c3ccncc3OC[C@@H]3CCCN3)c(Nc3cccc(F)c3OC(F)F)c21. The first-order valence-electron chi connectivity index (χ1n) is 11.3. The molecule has 5 rings (SSSR count). The highest BCUT2D eigenvalue weighted by Crippen LogP contribution is 2.42. The molecule has 11 heteroatoms. The number of amides is 1. The number of rotatable bonds is 8. The van der Waals surface area contributed by atoms with Gasteiger partial charge < -0.3 is 30.4 Å². The van der Waals surface area contributed by atoms with Crippen molar-refractivity contribution >= 4 is 17.3 Å². The van der Waals surface area contributed by atoms with Crippen LogP contribution in [-0.2, 0) is 6.42 Å². The molecule has 2 aromatic heterocycles. The zero-order chi connectivity index (χ0) is 24.4. The average Bonchev–Trinajstić information content (AvgIpc) is 3.49. The molecule has 4 heterocycles. The maximum absolute atomic E-state index is 14.4. The number of para-hydroxylation sites is 1. The van der Waals surface area contributed by atoms with Crippen LogP contribution in [0.5, 0.6) is 11.5 Å². The first kappa shape index (κ1) is 23.0. The summed E-state index contributed by atoms with van der Waals surface area (Å²) >= 11 is 0. The number of alkyl halides is 2. The van der Waals surface area contributed by atoms with E-state index in [1.54, 1.807) is 18.5 Å². The van der Waals surface area contributed by atoms with Gasteiger partial charge in [0.05, 0.1) is 28.8 Å². The summed E-state index contributed by atoms with van der Waals surface area (Å²) in [5.41, 5.74) is 2.36. The van der Waals surface area contributed by atoms with Crippen molar-refractivity contribution in [3.8, 4) is 22.8 Å². The van der Waals surface area contributed by atoms with Crippen LogP contribution in [0.1, 0.15) is 28.9 Å². The second-order valence-electron chi connectivity index (χ2n) is 8.33. The van der Waals surface area contributed by atoms with E-state index in [9.17, 15) is 18.0 Å². The molecular weight excluding hydrogens is 463 g/mol. The molecule has 1 fully saturated rings. The summed E-state index contributed by atoms with van der Waals surface area (Å²) in [6, 6.07) is 5.75. The van der Waals surface area contributed by atoms with Crippen LogP contribution < -0.4 is 25.4 Å². The number of aromatic nitrogens is 2. The zero-order valence-corrected chi connectivity index (χ0v) is 18.7. The fourth-order valence-corrected chi connectivity index (χ4v) is 4.45. The molecule has 0 spiro atoms. The van der Waals surface area contributed by atoms with E-state index < -0.39 is 18.2 Å². The molecule has 2 aliphatic heterocycles. The molecule has 1 saturated heterocycles. The van der Waals surface area contributed by atoms with Crippen LogP contribution in [-0.4, -0.2) is 48.2 Å². The summed E-state index contributed by atoms with van der Waals surface area (Å²) in [4.78, 5) is 20.3. The normalized spacial score (nSPS) is 17.3. The van der Waals surface area contributed by atoms with E-state index >= 15 is 0 Å². The van der Waals surface area contributed by atoms with E-state index in [2.05, 4.69) is 30.7 Å². The standard InChI is InChI=1S/C24H24F3N5O3/c25-15-4-1-5-17(22(15)35-24(26)27)32-21-19-16(7-10-30-23(19)33)31-20(21)14-6-9-28-11-18(14)34-12-13-3-2-8-29-13/h1,4-6,9,11,13,24,29,31-32H,2-3,7-8,10,12H2,(H,30,33)/t13-/m0/s1. The minimum absolute atomic E-state index is 0.0431. The Kier molecular flexibility index (Phi) is 6.49. The fraction of sp³-hybridized carbons (Fsp3) is 0.333. The lowest BCUT2D eigenvalue weighted by Crippen LogP contribution is -2.31. The summed E-state index contributed by atoms with van der Waals surface area (Å²) in [6.45, 7) is -1.40. The summed E-state index contributed by atoms with van der Waals surface area (Å²) in [5, 5.41) is 9.13. The third kappa shape index (κ3) is 4.76. The highest BCUT2D eigenvalue weighted by atomic mass is 19.3. The molecule has 0 unspecified atom stereocenters. The number of nitrogens with zero attached hydrogens (tertiary/aromatic N) is 1. The van der Waals surface area contributed by atoms with Crippen LogP contribution in [0.3, 0.4) is 0 Å². The average molecular weight is 487 g/mol. The molecule has 0 bridgehead atoms. The van der Waals surface area contributed by atoms with Gasteiger partial charge in [0.25, 0.3) is 5.91 Å². The van der Waals surface area contributed by atoms with Gasteiger partial charge in [0.1, 0.15) is 12.4 Å². The molecule has 1 atom stereocenters. The highest BCUT2D eigenvalue weighted by Gasteiger charge is 2.29. The predicted molar refractivity (Wildman–Crippen MR) is 123 cm³/mol. The summed E-state index contributed by atoms with van der Waals surface area (Å²) in [7, 11) is 0. The molecule has 4 N–H and O–H groups in total. The van der Waals surface area contributed by atoms with E-state index in [1.807, 2.05) is 0 Å². The first-order chi connectivity index (χ1) is 17.0. The maximum atomic E-state index is 14.4. The van der Waals surface area contributed by atoms with Crippen molar-refractivity contribution in [3.63, 3.8) is 0 Å². The summed E-state index contributed by atoms with van der Waals surface area (Å²) in [6.07, 6.45) is 5.80. The Morgan fingerprint density at radius 3 is 2.91 bits per heavy atom. The number of fused-ring (bicyclic) bond motifs is 1. The maximum Gasteiger partial charge on any atom is 0.387 e. The van der Waals surface area contributed by atoms with Gasteiger partial charge in [0.15, 0.2) is 11.6 Å². The van der Waals surface area contributed by atoms with Gasteiger partial charge in [-0.3, -0.25) is 9.78 Å². The number of aromatic amines is 1. The van der Waals surface area contributed by atoms with E-state index in [-0.39, 0.29) is 17.6 Å². The largest absolute Gasteiger partial charge is 0.490 e. The van der Waals surface area contributed by atoms with Gasteiger partial charge in [-0.1, -0.05) is 6.07 Å². The second-order valence-corrected chi connectivity index (χ2v) is 8.33. The third-order valence-corrected chi connectivity index (χ3v) is 6.06. The van der Waals surface area contributed by atoms with Crippen molar-refractivity contribution < 1.29 is 27.4 Å². The lowest BCUT2D eigenvalue weighted by atomic mass is 10.0. The number of pyridine rings is 1. The summed E-state index contributed by atoms with van der Waals surface area (Å²) < 4.78 is 50.9. The van der Waals surface area contributed by atoms with Crippen LogP contribution in [0.4, 0.5) is 24.5 Å². The number of nitrogens with one attached hydrogen (secondary N) is 4. The van der Waals surface area contributed by atoms with Crippen LogP contribution in [0.2, 0.25) is 0 Å². The van der Waals surface area contributed by atoms with Gasteiger partial charge in [-0.15, -0.1) is 0 Å². The van der Waals surface area contributed by atoms with Crippen molar-refractivity contribution in [1.29, 1.82) is 0 Å². The minimum Gasteiger partial charge on any atom is -0.490 e. The Balaban J connectivity index is 1.57. The Morgan fingerprint density at radius 1 is 1.23 bits per heavy atom. The van der Waals surface area contributed by atoms with Gasteiger partial charge >= 0.3 is 6.61 Å². The van der Waals surface area contributed by atoms with Gasteiger partial charge in [0.2, 0.25) is 0 Å². The molecular formula is C24H24F3N5O3. The fourth-order valence-electron chi connectivity index (χ4n) is 4.45. The molecule has 3 aromatic rings. The Labute approximate surface area is 199 Å². The van der Waals surface area contributed by atoms with E-state index in [1.165, 1.54) is 12.1 Å². The molecule has 184 valence electrons. The van der Waals surface area contributed by atoms with Gasteiger partial charge in [-0.05, 0) is 37.6 Å². The lowest BCUT2D eigenvalue weighted by Gasteiger charge is -2.18. The van der Waals surface area contributed by atoms with Gasteiger partial charge in [-0.25, -0.2) is 4.39 Å². The number of ether oxygens (including phenoxy) is 2. The van der Waals surface area contributed by atoms with Crippen LogP contribution in [0.15, 0.2) is 36.7 Å². The molecule has 0 saturated carbocycles. The Hall–Kier alpha value is -3.73. The van der Waals surface area contributed by atoms with Crippen LogP contribution in [0, 0.1) is 5.82 Å². The Bertz CT molecular complexity index is 1230. The monoisotopic (exact) mass is 487 g/mol. The molecule has 35 heavy (non-hydrogen) atoms. The van der Waals surface area contributed by atoms with Crippen molar-refractivity contribution in [3.05, 3.63) is 53.7 Å². The number of hydrogen-bond donors (Lipinski definition) is 4. The number of benzene rings is 1. The second kappa shape index (κ2) is 9.87. The number of H-pyrrole nitrogens is 1. The van der Waals surface area contributed by atoms with E-state index in [0.29, 0.717) is 53.5 Å². The topological polar surface area (TPSA) is 100 Å². The smallest absolute Gasteiger partial charge is 0.387 e. The first-order valence-corrected chi connectivity index (χ1v) is 11.3. The highest BCUT2D eigenvalue weighted by molar-refractivity contribution is 6.06. The van der Waals surface area contributed by atoms with Gasteiger partial charge in [0, 0.05) is 36.5 Å². The van der Waals surface area contributed by atoms with Crippen LogP contribution >= 0.6 is 0 Å². The molecule has 1 aromatic carbocycles. The Morgan fingerprint density at radius 2 is 2.11 bits per heavy atom. The minimum atomic E-state index is -3.22. The molecule has 1 amide bonds. The van der Waals surface area contributed by atoms with Crippen molar-refractivity contribution in [2.45, 2.75) is 31.9 Å². The van der Waals surface area contributed by atoms with Crippen molar-refractivity contribution in [2.75, 3.05) is 25.0 Å². The number of hydrogen-bond acceptors (Lipinski definition) is 6. The third-order valence-electron chi connectivity index (χ3n) is 6.06. The lowest BCUT2D eigenvalue weighted by molar-refractivity contribution is -0.0516. The molecule has 0 aliphatic carbocycles. The van der Waals surface area contributed by atoms with Crippen LogP contribution in [0.25, 0.3) is 11.3 Å². The molecule has 2 aliphatic rings. The van der Waals surface area contributed by atoms with Crippen molar-refractivity contribution in [1.82, 2.24) is 20.6 Å². The summed E-state index contributed by atoms with van der Waals surface area (Å²) in [5.74, 6) is -1.44.